The highest BCUT2D eigenvalue weighted by molar-refractivity contribution is 7.89. The first-order chi connectivity index (χ1) is 9.53. The van der Waals surface area contributed by atoms with E-state index in [1.165, 1.54) is 12.4 Å². The molecule has 0 unspecified atom stereocenters. The second-order valence-corrected chi connectivity index (χ2v) is 5.91. The molecular formula is C12H13N5O2S. The number of rotatable bonds is 5. The summed E-state index contributed by atoms with van der Waals surface area (Å²) in [6.45, 7) is 1.89. The van der Waals surface area contributed by atoms with Gasteiger partial charge in [-0.3, -0.25) is 5.10 Å². The van der Waals surface area contributed by atoms with Crippen molar-refractivity contribution in [3.05, 3.63) is 41.5 Å². The number of nitrogens with one attached hydrogen (secondary N) is 2. The van der Waals surface area contributed by atoms with Crippen LogP contribution in [0.3, 0.4) is 0 Å². The van der Waals surface area contributed by atoms with Gasteiger partial charge in [0.1, 0.15) is 12.2 Å². The molecule has 1 heterocycles. The Hall–Kier alpha value is -2.24. The molecule has 0 spiro atoms. The fourth-order valence-corrected chi connectivity index (χ4v) is 2.99. The van der Waals surface area contributed by atoms with Crippen LogP contribution in [0.2, 0.25) is 0 Å². The Morgan fingerprint density at radius 3 is 2.90 bits per heavy atom. The molecule has 8 heteroatoms. The minimum absolute atomic E-state index is 0.120. The van der Waals surface area contributed by atoms with Gasteiger partial charge in [0.2, 0.25) is 10.0 Å². The van der Waals surface area contributed by atoms with Gasteiger partial charge in [0.15, 0.2) is 0 Å². The maximum atomic E-state index is 12.2. The molecule has 0 atom stereocenters. The number of H-pyrrole nitrogens is 1. The molecule has 0 saturated carbocycles. The molecule has 0 aliphatic carbocycles. The maximum absolute atomic E-state index is 12.2. The SMILES string of the molecule is Cc1ccc(C#N)cc1S(=O)(=O)NCCc1ncn[nH]1. The predicted octanol–water partition coefficient (Wildman–Crippen LogP) is 0.506. The van der Waals surface area contributed by atoms with Crippen LogP contribution in [-0.2, 0) is 16.4 Å². The molecule has 2 rings (SSSR count). The first-order valence-electron chi connectivity index (χ1n) is 5.87. The zero-order chi connectivity index (χ0) is 14.6. The third kappa shape index (κ3) is 3.20. The van der Waals surface area contributed by atoms with Crippen LogP contribution in [0, 0.1) is 18.3 Å². The molecule has 0 amide bonds. The van der Waals surface area contributed by atoms with Crippen molar-refractivity contribution in [3.8, 4) is 6.07 Å². The summed E-state index contributed by atoms with van der Waals surface area (Å²) in [6.07, 6.45) is 1.78. The normalized spacial score (nSPS) is 11.2. The molecule has 2 N–H and O–H groups in total. The van der Waals surface area contributed by atoms with E-state index in [0.29, 0.717) is 23.4 Å². The summed E-state index contributed by atoms with van der Waals surface area (Å²) in [4.78, 5) is 4.03. The molecule has 104 valence electrons. The van der Waals surface area contributed by atoms with Gasteiger partial charge in [-0.05, 0) is 24.6 Å². The second kappa shape index (κ2) is 5.81. The fourth-order valence-electron chi connectivity index (χ4n) is 1.69. The quantitative estimate of drug-likeness (QED) is 0.833. The minimum Gasteiger partial charge on any atom is -0.263 e. The highest BCUT2D eigenvalue weighted by atomic mass is 32.2. The number of aryl methyl sites for hydroxylation is 1. The highest BCUT2D eigenvalue weighted by Gasteiger charge is 2.17. The average molecular weight is 291 g/mol. The van der Waals surface area contributed by atoms with Crippen LogP contribution < -0.4 is 4.72 Å². The van der Waals surface area contributed by atoms with Crippen molar-refractivity contribution in [2.45, 2.75) is 18.2 Å². The van der Waals surface area contributed by atoms with Gasteiger partial charge in [0, 0.05) is 13.0 Å². The molecule has 7 nitrogen and oxygen atoms in total. The average Bonchev–Trinajstić information content (AvgIpc) is 2.92. The van der Waals surface area contributed by atoms with E-state index in [1.54, 1.807) is 19.1 Å². The van der Waals surface area contributed by atoms with Crippen molar-refractivity contribution in [2.24, 2.45) is 0 Å². The third-order valence-electron chi connectivity index (χ3n) is 2.73. The number of sulfonamides is 1. The number of hydrogen-bond donors (Lipinski definition) is 2. The van der Waals surface area contributed by atoms with E-state index in [4.69, 9.17) is 5.26 Å². The highest BCUT2D eigenvalue weighted by Crippen LogP contribution is 2.16. The summed E-state index contributed by atoms with van der Waals surface area (Å²) in [5.74, 6) is 0.607. The van der Waals surface area contributed by atoms with Crippen molar-refractivity contribution in [1.82, 2.24) is 19.9 Å². The van der Waals surface area contributed by atoms with Gasteiger partial charge >= 0.3 is 0 Å². The smallest absolute Gasteiger partial charge is 0.240 e. The summed E-state index contributed by atoms with van der Waals surface area (Å²) in [6, 6.07) is 6.50. The topological polar surface area (TPSA) is 112 Å². The Morgan fingerprint density at radius 2 is 2.25 bits per heavy atom. The van der Waals surface area contributed by atoms with E-state index >= 15 is 0 Å². The summed E-state index contributed by atoms with van der Waals surface area (Å²) in [7, 11) is -3.64. The van der Waals surface area contributed by atoms with Crippen LogP contribution in [0.15, 0.2) is 29.4 Å². The van der Waals surface area contributed by atoms with Crippen LogP contribution in [-0.4, -0.2) is 30.1 Å². The second-order valence-electron chi connectivity index (χ2n) is 4.17. The van der Waals surface area contributed by atoms with Gasteiger partial charge in [-0.2, -0.15) is 10.4 Å². The molecule has 0 bridgehead atoms. The molecule has 0 saturated heterocycles. The maximum Gasteiger partial charge on any atom is 0.240 e. The van der Waals surface area contributed by atoms with E-state index in [1.807, 2.05) is 6.07 Å². The van der Waals surface area contributed by atoms with Crippen LogP contribution in [0.25, 0.3) is 0 Å². The van der Waals surface area contributed by atoms with E-state index in [-0.39, 0.29) is 11.4 Å². The first kappa shape index (κ1) is 14.2. The molecular weight excluding hydrogens is 278 g/mol. The number of benzene rings is 1. The fraction of sp³-hybridized carbons (Fsp3) is 0.250. The van der Waals surface area contributed by atoms with E-state index in [9.17, 15) is 8.42 Å². The molecule has 0 aliphatic rings. The van der Waals surface area contributed by atoms with Crippen molar-refractivity contribution >= 4 is 10.0 Å². The summed E-state index contributed by atoms with van der Waals surface area (Å²) < 4.78 is 26.8. The lowest BCUT2D eigenvalue weighted by atomic mass is 10.2. The lowest BCUT2D eigenvalue weighted by Gasteiger charge is -2.09. The zero-order valence-corrected chi connectivity index (χ0v) is 11.6. The molecule has 20 heavy (non-hydrogen) atoms. The molecule has 0 aliphatic heterocycles. The van der Waals surface area contributed by atoms with E-state index in [2.05, 4.69) is 19.9 Å². The van der Waals surface area contributed by atoms with E-state index in [0.717, 1.165) is 0 Å². The Labute approximate surface area is 116 Å². The lowest BCUT2D eigenvalue weighted by molar-refractivity contribution is 0.580. The van der Waals surface area contributed by atoms with Gasteiger partial charge in [0.25, 0.3) is 0 Å². The Balaban J connectivity index is 2.12. The van der Waals surface area contributed by atoms with Gasteiger partial charge in [-0.25, -0.2) is 18.1 Å². The van der Waals surface area contributed by atoms with Crippen molar-refractivity contribution in [2.75, 3.05) is 6.54 Å². The summed E-state index contributed by atoms with van der Waals surface area (Å²) in [5, 5.41) is 15.2. The van der Waals surface area contributed by atoms with E-state index < -0.39 is 10.0 Å². The summed E-state index contributed by atoms with van der Waals surface area (Å²) in [5.41, 5.74) is 0.905. The Bertz CT molecular complexity index is 732. The number of nitrogens with zero attached hydrogens (tertiary/aromatic N) is 3. The van der Waals surface area contributed by atoms with Gasteiger partial charge < -0.3 is 0 Å². The molecule has 0 fully saturated rings. The van der Waals surface area contributed by atoms with Crippen LogP contribution in [0.4, 0.5) is 0 Å². The number of nitriles is 1. The molecule has 2 aromatic rings. The van der Waals surface area contributed by atoms with Gasteiger partial charge in [0.05, 0.1) is 16.5 Å². The Morgan fingerprint density at radius 1 is 1.45 bits per heavy atom. The monoisotopic (exact) mass is 291 g/mol. The number of hydrogen-bond acceptors (Lipinski definition) is 5. The van der Waals surface area contributed by atoms with Gasteiger partial charge in [-0.15, -0.1) is 0 Å². The predicted molar refractivity (Wildman–Crippen MR) is 71.2 cm³/mol. The van der Waals surface area contributed by atoms with Crippen molar-refractivity contribution < 1.29 is 8.42 Å². The first-order valence-corrected chi connectivity index (χ1v) is 7.36. The third-order valence-corrected chi connectivity index (χ3v) is 4.33. The van der Waals surface area contributed by atoms with Gasteiger partial charge in [-0.1, -0.05) is 6.07 Å². The summed E-state index contributed by atoms with van der Waals surface area (Å²) >= 11 is 0. The molecule has 1 aromatic heterocycles. The zero-order valence-electron chi connectivity index (χ0n) is 10.8. The van der Waals surface area contributed by atoms with Crippen LogP contribution in [0.1, 0.15) is 17.0 Å². The number of aromatic nitrogens is 3. The molecule has 1 aromatic carbocycles. The van der Waals surface area contributed by atoms with Crippen LogP contribution >= 0.6 is 0 Å². The molecule has 0 radical (unpaired) electrons. The van der Waals surface area contributed by atoms with Crippen molar-refractivity contribution in [1.29, 1.82) is 5.26 Å². The van der Waals surface area contributed by atoms with Crippen LogP contribution in [0.5, 0.6) is 0 Å². The standard InChI is InChI=1S/C12H13N5O2S/c1-9-2-3-10(7-13)6-11(9)20(18,19)16-5-4-12-14-8-15-17-12/h2-3,6,8,16H,4-5H2,1H3,(H,14,15,17). The minimum atomic E-state index is -3.64. The Kier molecular flexibility index (Phi) is 4.12. The lowest BCUT2D eigenvalue weighted by Crippen LogP contribution is -2.27. The number of aromatic amines is 1. The largest absolute Gasteiger partial charge is 0.263 e. The van der Waals surface area contributed by atoms with Crippen molar-refractivity contribution in [3.63, 3.8) is 0 Å².